The van der Waals surface area contributed by atoms with Crippen LogP contribution in [-0.4, -0.2) is 15.0 Å². The molecule has 1 spiro atoms. The third kappa shape index (κ3) is 4.34. The zero-order valence-corrected chi connectivity index (χ0v) is 28.4. The molecule has 0 aliphatic heterocycles. The Balaban J connectivity index is 1.25. The minimum Gasteiger partial charge on any atom is -0.258 e. The Bertz CT molecular complexity index is 2600. The second-order valence-corrected chi connectivity index (χ2v) is 13.6. The van der Waals surface area contributed by atoms with Gasteiger partial charge >= 0.3 is 0 Å². The molecule has 2 aromatic heterocycles. The molecule has 0 fully saturated rings. The van der Waals surface area contributed by atoms with E-state index in [-0.39, 0.29) is 0 Å². The third-order valence-electron chi connectivity index (χ3n) is 10.8. The summed E-state index contributed by atoms with van der Waals surface area (Å²) in [4.78, 5) is 15.2. The van der Waals surface area contributed by atoms with Gasteiger partial charge in [0.1, 0.15) is 0 Å². The average molecular weight is 652 g/mol. The first kappa shape index (κ1) is 29.5. The van der Waals surface area contributed by atoms with Gasteiger partial charge in [-0.25, -0.2) is 9.97 Å². The van der Waals surface area contributed by atoms with E-state index in [0.29, 0.717) is 5.82 Å². The van der Waals surface area contributed by atoms with E-state index in [1.165, 1.54) is 55.6 Å². The first-order valence-corrected chi connectivity index (χ1v) is 17.5. The molecule has 0 radical (unpaired) electrons. The molecule has 1 atom stereocenters. The molecule has 3 nitrogen and oxygen atoms in total. The van der Waals surface area contributed by atoms with Gasteiger partial charge in [-0.15, -0.1) is 0 Å². The van der Waals surface area contributed by atoms with Crippen LogP contribution in [0.15, 0.2) is 164 Å². The molecule has 0 saturated heterocycles. The van der Waals surface area contributed by atoms with Crippen molar-refractivity contribution in [3.63, 3.8) is 0 Å². The fraction of sp³-hybridized carbons (Fsp3) is 0.0625. The Morgan fingerprint density at radius 1 is 0.373 bits per heavy atom. The molecule has 51 heavy (non-hydrogen) atoms. The van der Waals surface area contributed by atoms with Crippen LogP contribution in [0.25, 0.3) is 67.3 Å². The summed E-state index contributed by atoms with van der Waals surface area (Å²) in [5.41, 5.74) is 19.2. The molecule has 2 heterocycles. The maximum atomic E-state index is 5.23. The van der Waals surface area contributed by atoms with Crippen molar-refractivity contribution in [2.75, 3.05) is 0 Å². The minimum atomic E-state index is -0.493. The minimum absolute atomic E-state index is 0.493. The monoisotopic (exact) mass is 651 g/mol. The molecule has 0 saturated carbocycles. The number of hydrogen-bond acceptors (Lipinski definition) is 3. The van der Waals surface area contributed by atoms with Crippen molar-refractivity contribution in [2.24, 2.45) is 0 Å². The number of hydrogen-bond donors (Lipinski definition) is 0. The van der Waals surface area contributed by atoms with E-state index in [0.717, 1.165) is 39.5 Å². The van der Waals surface area contributed by atoms with Crippen molar-refractivity contribution in [2.45, 2.75) is 19.3 Å². The van der Waals surface area contributed by atoms with Gasteiger partial charge in [0.25, 0.3) is 0 Å². The number of aromatic nitrogens is 3. The standard InChI is InChI=1S/C48H33N3/c1-30-24-26-35(31(2)49-30)38-20-13-23-42-46(38)39-19-10-12-22-41(39)48(42)40-21-11-9-18-36(40)37-27-25-34(28-43(37)48)45-29-44(32-14-5-3-6-15-32)50-47(51-45)33-16-7-4-8-17-33/h3-29H,1-2H3. The molecule has 8 aromatic rings. The highest BCUT2D eigenvalue weighted by atomic mass is 14.9. The lowest BCUT2D eigenvalue weighted by molar-refractivity contribution is 0.794. The lowest BCUT2D eigenvalue weighted by atomic mass is 9.70. The summed E-state index contributed by atoms with van der Waals surface area (Å²) < 4.78 is 0. The van der Waals surface area contributed by atoms with Crippen LogP contribution in [0.2, 0.25) is 0 Å². The quantitative estimate of drug-likeness (QED) is 0.190. The second-order valence-electron chi connectivity index (χ2n) is 13.6. The maximum Gasteiger partial charge on any atom is 0.160 e. The van der Waals surface area contributed by atoms with E-state index in [4.69, 9.17) is 15.0 Å². The predicted octanol–water partition coefficient (Wildman–Crippen LogP) is 11.5. The zero-order valence-electron chi connectivity index (χ0n) is 28.4. The van der Waals surface area contributed by atoms with Crippen LogP contribution in [-0.2, 0) is 5.41 Å². The molecular formula is C48H33N3. The van der Waals surface area contributed by atoms with Gasteiger partial charge in [0.2, 0.25) is 0 Å². The van der Waals surface area contributed by atoms with Gasteiger partial charge in [-0.1, -0.05) is 146 Å². The van der Waals surface area contributed by atoms with Gasteiger partial charge in [0.15, 0.2) is 5.82 Å². The third-order valence-corrected chi connectivity index (χ3v) is 10.8. The Labute approximate surface area is 298 Å². The topological polar surface area (TPSA) is 38.7 Å². The molecule has 10 rings (SSSR count). The van der Waals surface area contributed by atoms with Crippen LogP contribution in [0.4, 0.5) is 0 Å². The van der Waals surface area contributed by atoms with Crippen molar-refractivity contribution < 1.29 is 0 Å². The van der Waals surface area contributed by atoms with Gasteiger partial charge in [-0.05, 0) is 82.1 Å². The van der Waals surface area contributed by atoms with Crippen LogP contribution < -0.4 is 0 Å². The van der Waals surface area contributed by atoms with Crippen LogP contribution in [0, 0.1) is 13.8 Å². The smallest absolute Gasteiger partial charge is 0.160 e. The Morgan fingerprint density at radius 3 is 1.69 bits per heavy atom. The number of fused-ring (bicyclic) bond motifs is 10. The Kier molecular flexibility index (Phi) is 6.53. The fourth-order valence-electron chi connectivity index (χ4n) is 8.61. The lowest BCUT2D eigenvalue weighted by Gasteiger charge is -2.31. The SMILES string of the molecule is Cc1ccc(-c2cccc3c2-c2ccccc2C32c3ccccc3-c3ccc(-c4cc(-c5ccccc5)nc(-c5ccccc5)n4)cc32)c(C)n1. The second kappa shape index (κ2) is 11.3. The van der Waals surface area contributed by atoms with Crippen LogP contribution in [0.5, 0.6) is 0 Å². The van der Waals surface area contributed by atoms with E-state index in [1.807, 2.05) is 24.3 Å². The van der Waals surface area contributed by atoms with Crippen LogP contribution >= 0.6 is 0 Å². The Morgan fingerprint density at radius 2 is 0.941 bits per heavy atom. The molecule has 6 aromatic carbocycles. The van der Waals surface area contributed by atoms with Gasteiger partial charge in [-0.2, -0.15) is 0 Å². The van der Waals surface area contributed by atoms with Crippen molar-refractivity contribution in [1.82, 2.24) is 15.0 Å². The molecule has 0 bridgehead atoms. The molecule has 0 N–H and O–H groups in total. The molecule has 0 amide bonds. The van der Waals surface area contributed by atoms with Crippen LogP contribution in [0.3, 0.4) is 0 Å². The summed E-state index contributed by atoms with van der Waals surface area (Å²) >= 11 is 0. The maximum absolute atomic E-state index is 5.23. The number of nitrogens with zero attached hydrogens (tertiary/aromatic N) is 3. The fourth-order valence-corrected chi connectivity index (χ4v) is 8.61. The highest BCUT2D eigenvalue weighted by molar-refractivity contribution is 6.00. The van der Waals surface area contributed by atoms with Crippen LogP contribution in [0.1, 0.15) is 33.6 Å². The number of aryl methyl sites for hydroxylation is 2. The van der Waals surface area contributed by atoms with E-state index in [9.17, 15) is 0 Å². The molecule has 240 valence electrons. The van der Waals surface area contributed by atoms with Gasteiger partial charge < -0.3 is 0 Å². The average Bonchev–Trinajstić information content (AvgIpc) is 3.66. The summed E-state index contributed by atoms with van der Waals surface area (Å²) in [6, 6.07) is 58.9. The summed E-state index contributed by atoms with van der Waals surface area (Å²) in [6.45, 7) is 4.18. The molecule has 2 aliphatic carbocycles. The first-order valence-electron chi connectivity index (χ1n) is 17.5. The molecule has 3 heteroatoms. The van der Waals surface area contributed by atoms with Crippen molar-refractivity contribution in [3.8, 4) is 67.3 Å². The number of pyridine rings is 1. The summed E-state index contributed by atoms with van der Waals surface area (Å²) in [7, 11) is 0. The molecule has 1 unspecified atom stereocenters. The zero-order chi connectivity index (χ0) is 34.1. The normalized spacial score (nSPS) is 14.9. The summed E-state index contributed by atoms with van der Waals surface area (Å²) in [5, 5.41) is 0. The van der Waals surface area contributed by atoms with E-state index >= 15 is 0 Å². The lowest BCUT2D eigenvalue weighted by Crippen LogP contribution is -2.26. The van der Waals surface area contributed by atoms with E-state index in [1.54, 1.807) is 0 Å². The predicted molar refractivity (Wildman–Crippen MR) is 207 cm³/mol. The highest BCUT2D eigenvalue weighted by Gasteiger charge is 2.52. The van der Waals surface area contributed by atoms with Gasteiger partial charge in [0.05, 0.1) is 16.8 Å². The van der Waals surface area contributed by atoms with Gasteiger partial charge in [-0.3, -0.25) is 4.98 Å². The summed E-state index contributed by atoms with van der Waals surface area (Å²) in [6.07, 6.45) is 0. The van der Waals surface area contributed by atoms with Crippen molar-refractivity contribution in [3.05, 3.63) is 197 Å². The molecular weight excluding hydrogens is 619 g/mol. The van der Waals surface area contributed by atoms with Crippen molar-refractivity contribution >= 4 is 0 Å². The van der Waals surface area contributed by atoms with Crippen molar-refractivity contribution in [1.29, 1.82) is 0 Å². The van der Waals surface area contributed by atoms with E-state index in [2.05, 4.69) is 153 Å². The number of benzene rings is 6. The summed E-state index contributed by atoms with van der Waals surface area (Å²) in [5.74, 6) is 0.716. The number of rotatable bonds is 4. The Hall–Kier alpha value is -6.45. The first-order chi connectivity index (χ1) is 25.1. The van der Waals surface area contributed by atoms with E-state index < -0.39 is 5.41 Å². The van der Waals surface area contributed by atoms with Gasteiger partial charge in [0, 0.05) is 33.6 Å². The highest BCUT2D eigenvalue weighted by Crippen LogP contribution is 2.64. The largest absolute Gasteiger partial charge is 0.258 e. The molecule has 2 aliphatic rings.